The van der Waals surface area contributed by atoms with Gasteiger partial charge in [-0.1, -0.05) is 26.0 Å². The average Bonchev–Trinajstić information content (AvgIpc) is 3.24. The number of hydrogen-bond donors (Lipinski definition) is 3. The summed E-state index contributed by atoms with van der Waals surface area (Å²) in [5, 5.41) is 30.8. The Labute approximate surface area is 195 Å². The number of aryl methyl sites for hydroxylation is 2. The van der Waals surface area contributed by atoms with E-state index in [1.165, 1.54) is 11.3 Å². The van der Waals surface area contributed by atoms with Gasteiger partial charge in [0.2, 0.25) is 5.43 Å². The Hall–Kier alpha value is -2.78. The number of phenols is 1. The minimum absolute atomic E-state index is 0.0852. The number of aliphatic hydroxyl groups is 2. The number of para-hydroxylation sites is 1. The second-order valence-corrected chi connectivity index (χ2v) is 8.92. The van der Waals surface area contributed by atoms with Crippen LogP contribution in [0.15, 0.2) is 39.5 Å². The minimum Gasteiger partial charge on any atom is -0.507 e. The Balaban J connectivity index is 1.97. The standard InChI is InChI=1S/C25H28N2O5S/c1-3-15-13-16-23(31)21(25-26-18-7-5-6-8-20(18)33-25)19(4-2)32-24(16)17(22(15)30)14-27(9-11-28)10-12-29/h5-8,13,28-30H,3-4,9-12,14H2,1-2H3. The predicted molar refractivity (Wildman–Crippen MR) is 131 cm³/mol. The van der Waals surface area contributed by atoms with Crippen molar-refractivity contribution in [3.8, 4) is 16.3 Å². The number of thiazole rings is 1. The van der Waals surface area contributed by atoms with Gasteiger partial charge in [-0.25, -0.2) is 4.98 Å². The minimum atomic E-state index is -0.168. The third-order valence-corrected chi connectivity index (χ3v) is 6.88. The molecule has 4 rings (SSSR count). The van der Waals surface area contributed by atoms with Crippen LogP contribution in [0.2, 0.25) is 0 Å². The first-order valence-corrected chi connectivity index (χ1v) is 12.0. The van der Waals surface area contributed by atoms with E-state index in [1.54, 1.807) is 6.07 Å². The van der Waals surface area contributed by atoms with E-state index in [-0.39, 0.29) is 30.9 Å². The number of aliphatic hydroxyl groups excluding tert-OH is 2. The summed E-state index contributed by atoms with van der Waals surface area (Å²) in [6.07, 6.45) is 1.03. The second-order valence-electron chi connectivity index (χ2n) is 7.89. The van der Waals surface area contributed by atoms with Crippen LogP contribution in [0.4, 0.5) is 0 Å². The van der Waals surface area contributed by atoms with Gasteiger partial charge in [-0.2, -0.15) is 0 Å². The maximum Gasteiger partial charge on any atom is 0.203 e. The third kappa shape index (κ3) is 4.39. The summed E-state index contributed by atoms with van der Waals surface area (Å²) in [6.45, 7) is 4.56. The molecule has 0 bridgehead atoms. The lowest BCUT2D eigenvalue weighted by Crippen LogP contribution is -2.29. The largest absolute Gasteiger partial charge is 0.507 e. The topological polar surface area (TPSA) is 107 Å². The molecule has 2 aromatic heterocycles. The van der Waals surface area contributed by atoms with Gasteiger partial charge in [0.25, 0.3) is 0 Å². The molecule has 2 aromatic carbocycles. The lowest BCUT2D eigenvalue weighted by Gasteiger charge is -2.22. The quantitative estimate of drug-likeness (QED) is 0.344. The number of hydrogen-bond acceptors (Lipinski definition) is 8. The van der Waals surface area contributed by atoms with Crippen LogP contribution in [0, 0.1) is 0 Å². The molecule has 3 N–H and O–H groups in total. The highest BCUT2D eigenvalue weighted by Crippen LogP contribution is 2.36. The van der Waals surface area contributed by atoms with Crippen molar-refractivity contribution >= 4 is 32.5 Å². The first-order chi connectivity index (χ1) is 16.0. The first-order valence-electron chi connectivity index (χ1n) is 11.2. The Morgan fingerprint density at radius 3 is 2.45 bits per heavy atom. The van der Waals surface area contributed by atoms with Gasteiger partial charge in [0.05, 0.1) is 39.9 Å². The zero-order chi connectivity index (χ0) is 23.5. The van der Waals surface area contributed by atoms with Crippen LogP contribution in [-0.2, 0) is 19.4 Å². The molecule has 8 heteroatoms. The molecule has 0 atom stereocenters. The van der Waals surface area contributed by atoms with Gasteiger partial charge in [0.1, 0.15) is 22.1 Å². The maximum absolute atomic E-state index is 13.8. The fourth-order valence-corrected chi connectivity index (χ4v) is 5.16. The molecular formula is C25H28N2O5S. The molecule has 0 unspecified atom stereocenters. The highest BCUT2D eigenvalue weighted by molar-refractivity contribution is 7.21. The van der Waals surface area contributed by atoms with E-state index < -0.39 is 0 Å². The lowest BCUT2D eigenvalue weighted by molar-refractivity contribution is 0.155. The van der Waals surface area contributed by atoms with Crippen LogP contribution in [-0.4, -0.2) is 51.5 Å². The monoisotopic (exact) mass is 468 g/mol. The molecule has 0 aliphatic heterocycles. The summed E-state index contributed by atoms with van der Waals surface area (Å²) >= 11 is 1.46. The van der Waals surface area contributed by atoms with E-state index in [1.807, 2.05) is 43.0 Å². The molecule has 0 saturated heterocycles. The molecule has 2 heterocycles. The van der Waals surface area contributed by atoms with Crippen LogP contribution in [0.1, 0.15) is 30.7 Å². The van der Waals surface area contributed by atoms with E-state index in [2.05, 4.69) is 4.98 Å². The average molecular weight is 469 g/mol. The van der Waals surface area contributed by atoms with Gasteiger partial charge < -0.3 is 19.7 Å². The predicted octanol–water partition coefficient (Wildman–Crippen LogP) is 3.69. The number of nitrogens with zero attached hydrogens (tertiary/aromatic N) is 2. The van der Waals surface area contributed by atoms with Crippen molar-refractivity contribution in [2.45, 2.75) is 33.2 Å². The molecule has 0 amide bonds. The van der Waals surface area contributed by atoms with Gasteiger partial charge in [-0.05, 0) is 30.2 Å². The van der Waals surface area contributed by atoms with Crippen LogP contribution in [0.5, 0.6) is 5.75 Å². The van der Waals surface area contributed by atoms with Gasteiger partial charge in [-0.15, -0.1) is 11.3 Å². The molecule has 174 valence electrons. The van der Waals surface area contributed by atoms with Crippen molar-refractivity contribution in [2.24, 2.45) is 0 Å². The van der Waals surface area contributed by atoms with Gasteiger partial charge in [0, 0.05) is 26.1 Å². The molecule has 0 aliphatic rings. The fraction of sp³-hybridized carbons (Fsp3) is 0.360. The summed E-state index contributed by atoms with van der Waals surface area (Å²) in [5.41, 5.74) is 2.62. The lowest BCUT2D eigenvalue weighted by atomic mass is 9.99. The highest BCUT2D eigenvalue weighted by atomic mass is 32.1. The summed E-state index contributed by atoms with van der Waals surface area (Å²) in [4.78, 5) is 20.3. The second kappa shape index (κ2) is 10.0. The molecule has 7 nitrogen and oxygen atoms in total. The summed E-state index contributed by atoms with van der Waals surface area (Å²) in [6, 6.07) is 9.47. The van der Waals surface area contributed by atoms with E-state index >= 15 is 0 Å². The number of fused-ring (bicyclic) bond motifs is 2. The van der Waals surface area contributed by atoms with Gasteiger partial charge in [-0.3, -0.25) is 9.69 Å². The van der Waals surface area contributed by atoms with E-state index in [9.17, 15) is 20.1 Å². The molecule has 0 aliphatic carbocycles. The van der Waals surface area contributed by atoms with Crippen LogP contribution >= 0.6 is 11.3 Å². The SMILES string of the molecule is CCc1cc2c(=O)c(-c3nc4ccccc4s3)c(CC)oc2c(CN(CCO)CCO)c1O. The van der Waals surface area contributed by atoms with Crippen molar-refractivity contribution in [1.29, 1.82) is 0 Å². The number of aromatic nitrogens is 1. The first kappa shape index (κ1) is 23.4. The van der Waals surface area contributed by atoms with Crippen molar-refractivity contribution in [3.05, 3.63) is 57.4 Å². The van der Waals surface area contributed by atoms with Crippen molar-refractivity contribution in [2.75, 3.05) is 26.3 Å². The molecule has 0 fully saturated rings. The number of rotatable bonds is 9. The summed E-state index contributed by atoms with van der Waals surface area (Å²) in [5.74, 6) is 0.608. The van der Waals surface area contributed by atoms with Crippen LogP contribution in [0.3, 0.4) is 0 Å². The fourth-order valence-electron chi connectivity index (χ4n) is 4.13. The van der Waals surface area contributed by atoms with Crippen molar-refractivity contribution in [1.82, 2.24) is 9.88 Å². The Morgan fingerprint density at radius 2 is 1.82 bits per heavy atom. The van der Waals surface area contributed by atoms with Crippen molar-refractivity contribution < 1.29 is 19.7 Å². The maximum atomic E-state index is 13.8. The van der Waals surface area contributed by atoms with E-state index in [0.29, 0.717) is 64.4 Å². The molecule has 0 radical (unpaired) electrons. The normalized spacial score (nSPS) is 11.8. The van der Waals surface area contributed by atoms with E-state index in [0.717, 1.165) is 10.2 Å². The van der Waals surface area contributed by atoms with Crippen molar-refractivity contribution in [3.63, 3.8) is 0 Å². The highest BCUT2D eigenvalue weighted by Gasteiger charge is 2.24. The summed E-state index contributed by atoms with van der Waals surface area (Å²) in [7, 11) is 0. The molecule has 0 saturated carbocycles. The zero-order valence-electron chi connectivity index (χ0n) is 18.8. The van der Waals surface area contributed by atoms with E-state index in [4.69, 9.17) is 4.42 Å². The van der Waals surface area contributed by atoms with Gasteiger partial charge in [0.15, 0.2) is 0 Å². The zero-order valence-corrected chi connectivity index (χ0v) is 19.6. The van der Waals surface area contributed by atoms with Crippen LogP contribution in [0.25, 0.3) is 31.8 Å². The smallest absolute Gasteiger partial charge is 0.203 e. The molecule has 4 aromatic rings. The molecule has 0 spiro atoms. The summed E-state index contributed by atoms with van der Waals surface area (Å²) < 4.78 is 7.30. The Morgan fingerprint density at radius 1 is 1.09 bits per heavy atom. The van der Waals surface area contributed by atoms with Gasteiger partial charge >= 0.3 is 0 Å². The number of phenolic OH excluding ortho intramolecular Hbond substituents is 1. The third-order valence-electron chi connectivity index (χ3n) is 5.83. The molecule has 33 heavy (non-hydrogen) atoms. The number of benzene rings is 2. The Bertz CT molecular complexity index is 1310. The van der Waals surface area contributed by atoms with Crippen LogP contribution < -0.4 is 5.43 Å². The Kier molecular flexibility index (Phi) is 7.09. The number of aromatic hydroxyl groups is 1. The molecular weight excluding hydrogens is 440 g/mol.